The Morgan fingerprint density at radius 3 is 0.500 bits per heavy atom. The molecule has 6 heteroatoms. The molecule has 0 saturated heterocycles. The smallest absolute Gasteiger partial charge is 0.306 e. The molecule has 0 aromatic carbocycles. The fourth-order valence-corrected chi connectivity index (χ4v) is 11.8. The van der Waals surface area contributed by atoms with Crippen LogP contribution >= 0.6 is 0 Å². The van der Waals surface area contributed by atoms with E-state index in [1.165, 1.54) is 334 Å². The Morgan fingerprint density at radius 2 is 0.338 bits per heavy atom. The van der Waals surface area contributed by atoms with Crippen LogP contribution < -0.4 is 0 Å². The van der Waals surface area contributed by atoms with Crippen LogP contribution in [0.15, 0.2) is 0 Å². The van der Waals surface area contributed by atoms with Crippen LogP contribution in [-0.4, -0.2) is 37.2 Å². The van der Waals surface area contributed by atoms with Gasteiger partial charge in [0.25, 0.3) is 0 Å². The third kappa shape index (κ3) is 67.2. The van der Waals surface area contributed by atoms with Gasteiger partial charge in [0, 0.05) is 19.3 Å². The molecule has 0 aliphatic heterocycles. The Bertz CT molecular complexity index is 1200. The molecule has 1 unspecified atom stereocenters. The largest absolute Gasteiger partial charge is 0.462 e. The highest BCUT2D eigenvalue weighted by atomic mass is 16.6. The molecule has 80 heavy (non-hydrogen) atoms. The zero-order valence-electron chi connectivity index (χ0n) is 54.9. The third-order valence-corrected chi connectivity index (χ3v) is 17.4. The molecule has 0 rings (SSSR count). The van der Waals surface area contributed by atoms with Crippen molar-refractivity contribution >= 4 is 17.9 Å². The first-order chi connectivity index (χ1) is 39.5. The summed E-state index contributed by atoms with van der Waals surface area (Å²) < 4.78 is 16.8. The minimum absolute atomic E-state index is 0.0621. The van der Waals surface area contributed by atoms with Gasteiger partial charge in [0.2, 0.25) is 0 Å². The molecule has 0 N–H and O–H groups in total. The summed E-state index contributed by atoms with van der Waals surface area (Å²) in [4.78, 5) is 38.0. The maximum absolute atomic E-state index is 12.9. The molecule has 0 aliphatic carbocycles. The molecule has 0 bridgehead atoms. The van der Waals surface area contributed by atoms with E-state index in [9.17, 15) is 14.4 Å². The lowest BCUT2D eigenvalue weighted by Gasteiger charge is -2.18. The summed E-state index contributed by atoms with van der Waals surface area (Å²) in [7, 11) is 0. The lowest BCUT2D eigenvalue weighted by Crippen LogP contribution is -2.30. The fraction of sp³-hybridized carbons (Fsp3) is 0.959. The SMILES string of the molecule is CCCCCCCCCCCCCCCCCCCCCCCCCCCCCCCCCCCC(=O)OCC(COC(=O)CCCCCCC)OC(=O)CCCCCCCCCCCCCCCCCCCCCCCCCC. The molecule has 476 valence electrons. The van der Waals surface area contributed by atoms with Gasteiger partial charge in [0.05, 0.1) is 0 Å². The van der Waals surface area contributed by atoms with E-state index in [0.717, 1.165) is 64.2 Å². The van der Waals surface area contributed by atoms with Gasteiger partial charge >= 0.3 is 17.9 Å². The quantitative estimate of drug-likeness (QED) is 0.0343. The second-order valence-corrected chi connectivity index (χ2v) is 25.6. The summed E-state index contributed by atoms with van der Waals surface area (Å²) >= 11 is 0. The fourth-order valence-electron chi connectivity index (χ4n) is 11.8. The molecule has 0 aliphatic rings. The van der Waals surface area contributed by atoms with Crippen molar-refractivity contribution in [2.24, 2.45) is 0 Å². The van der Waals surface area contributed by atoms with Crippen molar-refractivity contribution in [1.82, 2.24) is 0 Å². The molecule has 0 fully saturated rings. The molecule has 6 nitrogen and oxygen atoms in total. The second-order valence-electron chi connectivity index (χ2n) is 25.6. The number of hydrogen-bond acceptors (Lipinski definition) is 6. The van der Waals surface area contributed by atoms with Gasteiger partial charge in [-0.3, -0.25) is 14.4 Å². The number of carbonyl (C=O) groups is 3. The Labute approximate surface area is 501 Å². The average molecular weight is 1130 g/mol. The normalized spacial score (nSPS) is 11.9. The van der Waals surface area contributed by atoms with E-state index in [2.05, 4.69) is 20.8 Å². The van der Waals surface area contributed by atoms with Gasteiger partial charge in [0.15, 0.2) is 6.10 Å². The Balaban J connectivity index is 3.84. The standard InChI is InChI=1S/C74H144O6/c1-4-7-10-13-15-17-19-21-23-25-27-29-31-33-34-35-36-37-38-39-40-41-43-44-46-48-50-52-54-56-58-61-64-67-73(76)79-70-71(69-78-72(75)66-63-60-12-9-6-3)80-74(77)68-65-62-59-57-55-53-51-49-47-45-42-32-30-28-26-24-22-20-18-16-14-11-8-5-2/h71H,4-70H2,1-3H3. The van der Waals surface area contributed by atoms with Crippen molar-refractivity contribution in [1.29, 1.82) is 0 Å². The van der Waals surface area contributed by atoms with E-state index < -0.39 is 6.10 Å². The van der Waals surface area contributed by atoms with Gasteiger partial charge < -0.3 is 14.2 Å². The van der Waals surface area contributed by atoms with Crippen molar-refractivity contribution in [3.8, 4) is 0 Å². The van der Waals surface area contributed by atoms with E-state index in [0.29, 0.717) is 19.3 Å². The summed E-state index contributed by atoms with van der Waals surface area (Å²) in [5.41, 5.74) is 0. The Kier molecular flexibility index (Phi) is 68.5. The summed E-state index contributed by atoms with van der Waals surface area (Å²) in [6.45, 7) is 6.65. The van der Waals surface area contributed by atoms with E-state index in [1.54, 1.807) is 0 Å². The number of rotatable bonds is 70. The lowest BCUT2D eigenvalue weighted by molar-refractivity contribution is -0.167. The van der Waals surface area contributed by atoms with Crippen LogP contribution in [-0.2, 0) is 28.6 Å². The zero-order chi connectivity index (χ0) is 57.8. The van der Waals surface area contributed by atoms with Gasteiger partial charge in [-0.15, -0.1) is 0 Å². The molecule has 0 aromatic rings. The summed E-state index contributed by atoms with van der Waals surface area (Å²) in [5, 5.41) is 0. The minimum atomic E-state index is -0.761. The van der Waals surface area contributed by atoms with E-state index in [-0.39, 0.29) is 31.1 Å². The topological polar surface area (TPSA) is 78.9 Å². The number of esters is 3. The van der Waals surface area contributed by atoms with Crippen molar-refractivity contribution < 1.29 is 28.6 Å². The molecule has 0 heterocycles. The first-order valence-corrected chi connectivity index (χ1v) is 37.0. The van der Waals surface area contributed by atoms with Crippen LogP contribution in [0.4, 0.5) is 0 Å². The van der Waals surface area contributed by atoms with Crippen LogP contribution in [0.1, 0.15) is 438 Å². The van der Waals surface area contributed by atoms with E-state index in [1.807, 2.05) is 0 Å². The highest BCUT2D eigenvalue weighted by molar-refractivity contribution is 5.71. The minimum Gasteiger partial charge on any atom is -0.462 e. The Morgan fingerprint density at radius 1 is 0.200 bits per heavy atom. The van der Waals surface area contributed by atoms with Crippen molar-refractivity contribution in [3.63, 3.8) is 0 Å². The number of hydrogen-bond donors (Lipinski definition) is 0. The zero-order valence-corrected chi connectivity index (χ0v) is 54.9. The molecule has 0 saturated carbocycles. The van der Waals surface area contributed by atoms with Gasteiger partial charge in [0.1, 0.15) is 13.2 Å². The molecular weight excluding hydrogens is 985 g/mol. The summed E-state index contributed by atoms with van der Waals surface area (Å²) in [6.07, 6.45) is 83.6. The molecule has 0 spiro atoms. The van der Waals surface area contributed by atoms with Gasteiger partial charge in [-0.2, -0.15) is 0 Å². The second kappa shape index (κ2) is 69.9. The van der Waals surface area contributed by atoms with E-state index >= 15 is 0 Å². The predicted molar refractivity (Wildman–Crippen MR) is 349 cm³/mol. The third-order valence-electron chi connectivity index (χ3n) is 17.4. The molecule has 1 atom stereocenters. The highest BCUT2D eigenvalue weighted by Gasteiger charge is 2.20. The monoisotopic (exact) mass is 1130 g/mol. The maximum atomic E-state index is 12.9. The Hall–Kier alpha value is -1.59. The first-order valence-electron chi connectivity index (χ1n) is 37.0. The summed E-state index contributed by atoms with van der Waals surface area (Å²) in [6, 6.07) is 0. The molecule has 0 aromatic heterocycles. The number of unbranched alkanes of at least 4 members (excludes halogenated alkanes) is 59. The maximum Gasteiger partial charge on any atom is 0.306 e. The average Bonchev–Trinajstić information content (AvgIpc) is 3.46. The lowest BCUT2D eigenvalue weighted by atomic mass is 10.0. The van der Waals surface area contributed by atoms with E-state index in [4.69, 9.17) is 14.2 Å². The molecule has 0 radical (unpaired) electrons. The number of carbonyl (C=O) groups excluding carboxylic acids is 3. The highest BCUT2D eigenvalue weighted by Crippen LogP contribution is 2.20. The van der Waals surface area contributed by atoms with Crippen LogP contribution in [0.2, 0.25) is 0 Å². The van der Waals surface area contributed by atoms with Crippen molar-refractivity contribution in [2.45, 2.75) is 444 Å². The van der Waals surface area contributed by atoms with Crippen LogP contribution in [0.3, 0.4) is 0 Å². The van der Waals surface area contributed by atoms with Gasteiger partial charge in [-0.05, 0) is 19.3 Å². The van der Waals surface area contributed by atoms with Gasteiger partial charge in [-0.25, -0.2) is 0 Å². The van der Waals surface area contributed by atoms with Crippen LogP contribution in [0.5, 0.6) is 0 Å². The molecular formula is C74H144O6. The van der Waals surface area contributed by atoms with Crippen molar-refractivity contribution in [3.05, 3.63) is 0 Å². The first kappa shape index (κ1) is 78.4. The van der Waals surface area contributed by atoms with Crippen molar-refractivity contribution in [2.75, 3.05) is 13.2 Å². The number of ether oxygens (including phenoxy) is 3. The summed E-state index contributed by atoms with van der Waals surface area (Å²) in [5.74, 6) is -0.841. The predicted octanol–water partition coefficient (Wildman–Crippen LogP) is 25.4. The van der Waals surface area contributed by atoms with Gasteiger partial charge in [-0.1, -0.05) is 400 Å². The van der Waals surface area contributed by atoms with Crippen LogP contribution in [0, 0.1) is 0 Å². The van der Waals surface area contributed by atoms with Crippen LogP contribution in [0.25, 0.3) is 0 Å². The molecule has 0 amide bonds.